The lowest BCUT2D eigenvalue weighted by Crippen LogP contribution is -2.32. The number of aromatic nitrogens is 4. The lowest BCUT2D eigenvalue weighted by atomic mass is 9.91. The number of nitrogens with zero attached hydrogens (tertiary/aromatic N) is 5. The highest BCUT2D eigenvalue weighted by molar-refractivity contribution is 7.05. The van der Waals surface area contributed by atoms with Gasteiger partial charge in [-0.2, -0.15) is 4.98 Å². The Morgan fingerprint density at radius 2 is 2.03 bits per heavy atom. The molecule has 0 amide bonds. The molecule has 2 aromatic heterocycles. The lowest BCUT2D eigenvalue weighted by Gasteiger charge is -2.36. The van der Waals surface area contributed by atoms with Gasteiger partial charge in [-0.3, -0.25) is 4.79 Å². The molecule has 39 heavy (non-hydrogen) atoms. The monoisotopic (exact) mass is 543 g/mol. The predicted octanol–water partition coefficient (Wildman–Crippen LogP) is 3.75. The number of hydrogen-bond donors (Lipinski definition) is 2. The Kier molecular flexibility index (Phi) is 7.42. The molecule has 0 radical (unpaired) electrons. The predicted molar refractivity (Wildman–Crippen MR) is 150 cm³/mol. The van der Waals surface area contributed by atoms with Crippen molar-refractivity contribution in [1.29, 1.82) is 0 Å². The van der Waals surface area contributed by atoms with Crippen LogP contribution in [0.15, 0.2) is 54.9 Å². The van der Waals surface area contributed by atoms with Gasteiger partial charge in [0.1, 0.15) is 5.82 Å². The lowest BCUT2D eigenvalue weighted by molar-refractivity contribution is 0.104. The molecule has 11 heteroatoms. The standard InChI is InChI=1S/C28H29N7O3S/c1-16-26(39-34-33-16)24-20-7-5-4-6-18(20)8-10-35(24)11-9-22(36)21-13-17(14-23(37-2)25(21)38-3)12-19-15-31-28(30)32-27(19)29/h4-7,9,11,13-15,24H,8,10,12H2,1-3H3,(H4,29,30,31,32). The van der Waals surface area contributed by atoms with Crippen LogP contribution in [-0.2, 0) is 12.8 Å². The van der Waals surface area contributed by atoms with Crippen LogP contribution < -0.4 is 20.9 Å². The fourth-order valence-electron chi connectivity index (χ4n) is 4.88. The van der Waals surface area contributed by atoms with Gasteiger partial charge >= 0.3 is 0 Å². The Bertz CT molecular complexity index is 1550. The van der Waals surface area contributed by atoms with Gasteiger partial charge < -0.3 is 25.8 Å². The van der Waals surface area contributed by atoms with E-state index in [1.807, 2.05) is 25.3 Å². The molecule has 1 aliphatic heterocycles. The molecule has 0 bridgehead atoms. The normalized spacial score (nSPS) is 14.8. The van der Waals surface area contributed by atoms with Gasteiger partial charge in [0.15, 0.2) is 17.3 Å². The molecule has 0 saturated heterocycles. The van der Waals surface area contributed by atoms with Crippen molar-refractivity contribution in [1.82, 2.24) is 24.5 Å². The van der Waals surface area contributed by atoms with Crippen LogP contribution >= 0.6 is 11.5 Å². The Labute approximate surface area is 230 Å². The van der Waals surface area contributed by atoms with E-state index in [1.54, 1.807) is 18.3 Å². The van der Waals surface area contributed by atoms with Crippen molar-refractivity contribution in [3.63, 3.8) is 0 Å². The molecule has 3 heterocycles. The first-order valence-electron chi connectivity index (χ1n) is 12.4. The molecular formula is C28H29N7O3S. The third-order valence-electron chi connectivity index (χ3n) is 6.79. The number of nitrogen functional groups attached to an aromatic ring is 2. The van der Waals surface area contributed by atoms with Crippen LogP contribution in [0.3, 0.4) is 0 Å². The Morgan fingerprint density at radius 1 is 1.21 bits per heavy atom. The number of rotatable bonds is 8. The number of ether oxygens (including phenoxy) is 2. The first kappa shape index (κ1) is 26.1. The van der Waals surface area contributed by atoms with Crippen molar-refractivity contribution in [2.24, 2.45) is 0 Å². The Morgan fingerprint density at radius 3 is 2.74 bits per heavy atom. The van der Waals surface area contributed by atoms with Crippen molar-refractivity contribution < 1.29 is 14.3 Å². The van der Waals surface area contributed by atoms with E-state index in [4.69, 9.17) is 20.9 Å². The van der Waals surface area contributed by atoms with E-state index in [2.05, 4.69) is 42.7 Å². The van der Waals surface area contributed by atoms with Gasteiger partial charge in [-0.1, -0.05) is 28.8 Å². The molecule has 4 N–H and O–H groups in total. The molecule has 4 aromatic rings. The molecule has 1 unspecified atom stereocenters. The number of methoxy groups -OCH3 is 2. The number of fused-ring (bicyclic) bond motifs is 1. The molecule has 0 aliphatic carbocycles. The number of carbonyl (C=O) groups is 1. The van der Waals surface area contributed by atoms with Gasteiger partial charge in [0.25, 0.3) is 0 Å². The molecule has 2 aromatic carbocycles. The summed E-state index contributed by atoms with van der Waals surface area (Å²) in [5.41, 5.74) is 16.9. The molecule has 0 saturated carbocycles. The minimum atomic E-state index is -0.217. The van der Waals surface area contributed by atoms with E-state index in [9.17, 15) is 4.79 Å². The molecule has 5 rings (SSSR count). The van der Waals surface area contributed by atoms with Gasteiger partial charge in [-0.15, -0.1) is 5.10 Å². The molecule has 0 spiro atoms. The van der Waals surface area contributed by atoms with Crippen LogP contribution in [0.2, 0.25) is 0 Å². The Hall–Kier alpha value is -4.51. The molecule has 1 aliphatic rings. The number of carbonyl (C=O) groups excluding carboxylic acids is 1. The molecule has 1 atom stereocenters. The van der Waals surface area contributed by atoms with Crippen LogP contribution in [0.1, 0.15) is 49.2 Å². The maximum atomic E-state index is 13.6. The number of aryl methyl sites for hydroxylation is 1. The van der Waals surface area contributed by atoms with E-state index in [-0.39, 0.29) is 23.6 Å². The van der Waals surface area contributed by atoms with Crippen LogP contribution in [-0.4, -0.2) is 51.0 Å². The van der Waals surface area contributed by atoms with Crippen LogP contribution in [0.25, 0.3) is 0 Å². The Balaban J connectivity index is 1.48. The summed E-state index contributed by atoms with van der Waals surface area (Å²) in [5, 5.41) is 4.23. The summed E-state index contributed by atoms with van der Waals surface area (Å²) >= 11 is 1.38. The van der Waals surface area contributed by atoms with Crippen LogP contribution in [0, 0.1) is 6.92 Å². The highest BCUT2D eigenvalue weighted by atomic mass is 32.1. The number of benzene rings is 2. The maximum Gasteiger partial charge on any atom is 0.221 e. The average Bonchev–Trinajstić information content (AvgIpc) is 3.37. The summed E-state index contributed by atoms with van der Waals surface area (Å²) in [5.74, 6) is 0.977. The maximum absolute atomic E-state index is 13.6. The van der Waals surface area contributed by atoms with Crippen molar-refractivity contribution in [2.45, 2.75) is 25.8 Å². The molecule has 10 nitrogen and oxygen atoms in total. The first-order valence-corrected chi connectivity index (χ1v) is 13.1. The fraction of sp³-hybridized carbons (Fsp3) is 0.250. The SMILES string of the molecule is COc1cc(Cc2cnc(N)nc2N)cc(C(=O)C=CN2CCc3ccccc3C2c2snnc2C)c1OC. The zero-order chi connectivity index (χ0) is 27.5. The van der Waals surface area contributed by atoms with Gasteiger partial charge in [-0.05, 0) is 53.7 Å². The highest BCUT2D eigenvalue weighted by Gasteiger charge is 2.30. The topological polar surface area (TPSA) is 142 Å². The van der Waals surface area contributed by atoms with Crippen molar-refractivity contribution >= 4 is 29.1 Å². The van der Waals surface area contributed by atoms with Gasteiger partial charge in [0.05, 0.1) is 36.4 Å². The largest absolute Gasteiger partial charge is 0.493 e. The second kappa shape index (κ2) is 11.1. The first-order chi connectivity index (χ1) is 18.9. The minimum absolute atomic E-state index is 0.0738. The number of nitrogens with two attached hydrogens (primary N) is 2. The van der Waals surface area contributed by atoms with E-state index < -0.39 is 0 Å². The molecule has 0 fully saturated rings. The minimum Gasteiger partial charge on any atom is -0.493 e. The molecule has 200 valence electrons. The average molecular weight is 544 g/mol. The number of ketones is 1. The number of allylic oxidation sites excluding steroid dienone is 1. The van der Waals surface area contributed by atoms with Crippen molar-refractivity contribution in [3.05, 3.63) is 93.3 Å². The van der Waals surface area contributed by atoms with Gasteiger partial charge in [0.2, 0.25) is 5.95 Å². The van der Waals surface area contributed by atoms with Crippen LogP contribution in [0.4, 0.5) is 11.8 Å². The zero-order valence-corrected chi connectivity index (χ0v) is 22.7. The third-order valence-corrected chi connectivity index (χ3v) is 7.67. The third kappa shape index (κ3) is 5.26. The highest BCUT2D eigenvalue weighted by Crippen LogP contribution is 2.38. The molecular weight excluding hydrogens is 514 g/mol. The number of anilines is 2. The second-order valence-corrected chi connectivity index (χ2v) is 9.97. The number of hydrogen-bond acceptors (Lipinski definition) is 11. The summed E-state index contributed by atoms with van der Waals surface area (Å²) in [6.45, 7) is 2.71. The van der Waals surface area contributed by atoms with Crippen LogP contribution in [0.5, 0.6) is 11.5 Å². The van der Waals surface area contributed by atoms with E-state index in [1.165, 1.54) is 36.9 Å². The van der Waals surface area contributed by atoms with Gasteiger partial charge in [0, 0.05) is 37.0 Å². The van der Waals surface area contributed by atoms with E-state index in [0.29, 0.717) is 29.0 Å². The quantitative estimate of drug-likeness (QED) is 0.249. The smallest absolute Gasteiger partial charge is 0.221 e. The van der Waals surface area contributed by atoms with Crippen molar-refractivity contribution in [2.75, 3.05) is 32.2 Å². The second-order valence-electron chi connectivity index (χ2n) is 9.19. The summed E-state index contributed by atoms with van der Waals surface area (Å²) in [7, 11) is 3.05. The fourth-order valence-corrected chi connectivity index (χ4v) is 5.66. The van der Waals surface area contributed by atoms with Crippen molar-refractivity contribution in [3.8, 4) is 11.5 Å². The zero-order valence-electron chi connectivity index (χ0n) is 21.9. The van der Waals surface area contributed by atoms with E-state index >= 15 is 0 Å². The summed E-state index contributed by atoms with van der Waals surface area (Å²) < 4.78 is 15.3. The summed E-state index contributed by atoms with van der Waals surface area (Å²) in [6.07, 6.45) is 6.27. The van der Waals surface area contributed by atoms with E-state index in [0.717, 1.165) is 29.1 Å². The summed E-state index contributed by atoms with van der Waals surface area (Å²) in [4.78, 5) is 24.9. The summed E-state index contributed by atoms with van der Waals surface area (Å²) in [6, 6.07) is 11.9. The van der Waals surface area contributed by atoms with Gasteiger partial charge in [-0.25, -0.2) is 4.98 Å².